The van der Waals surface area contributed by atoms with Crippen molar-refractivity contribution in [2.75, 3.05) is 18.9 Å². The summed E-state index contributed by atoms with van der Waals surface area (Å²) in [5.74, 6) is -0.0386. The third kappa shape index (κ3) is 2.33. The van der Waals surface area contributed by atoms with Gasteiger partial charge < -0.3 is 4.42 Å². The van der Waals surface area contributed by atoms with Crippen LogP contribution in [0.1, 0.15) is 18.4 Å². The highest BCUT2D eigenvalue weighted by atomic mass is 16.4. The van der Waals surface area contributed by atoms with E-state index in [4.69, 9.17) is 4.42 Å². The number of hydrogen-bond acceptors (Lipinski definition) is 4. The molecule has 1 aliphatic heterocycles. The van der Waals surface area contributed by atoms with Crippen LogP contribution in [0, 0.1) is 6.92 Å². The van der Waals surface area contributed by atoms with Crippen LogP contribution >= 0.6 is 0 Å². The molecule has 1 aromatic carbocycles. The number of likely N-dealkylation sites (tertiary alicyclic amines) is 1. The lowest BCUT2D eigenvalue weighted by atomic mass is 10.2. The first-order valence-corrected chi connectivity index (χ1v) is 6.52. The average Bonchev–Trinajstić information content (AvgIpc) is 2.94. The predicted octanol–water partition coefficient (Wildman–Crippen LogP) is 2.17. The highest BCUT2D eigenvalue weighted by molar-refractivity contribution is 5.94. The Kier molecular flexibility index (Phi) is 2.98. The number of carbonyl (C=O) groups excluding carboxylic acids is 1. The molecule has 0 spiro atoms. The molecule has 1 aliphatic rings. The van der Waals surface area contributed by atoms with Gasteiger partial charge in [0.05, 0.1) is 6.04 Å². The Labute approximate surface area is 111 Å². The van der Waals surface area contributed by atoms with Crippen LogP contribution in [0.15, 0.2) is 22.6 Å². The third-order valence-electron chi connectivity index (χ3n) is 3.60. The number of benzene rings is 1. The topological polar surface area (TPSA) is 58.4 Å². The van der Waals surface area contributed by atoms with Crippen molar-refractivity contribution in [1.82, 2.24) is 9.88 Å². The molecule has 5 heteroatoms. The molecule has 5 nitrogen and oxygen atoms in total. The van der Waals surface area contributed by atoms with E-state index in [0.717, 1.165) is 30.5 Å². The van der Waals surface area contributed by atoms with Crippen LogP contribution < -0.4 is 5.32 Å². The van der Waals surface area contributed by atoms with E-state index < -0.39 is 0 Å². The van der Waals surface area contributed by atoms with E-state index in [9.17, 15) is 4.79 Å². The summed E-state index contributed by atoms with van der Waals surface area (Å²) in [6.07, 6.45) is 1.95. The van der Waals surface area contributed by atoms with Crippen molar-refractivity contribution in [3.63, 3.8) is 0 Å². The molecule has 0 bridgehead atoms. The number of nitrogens with one attached hydrogen (secondary N) is 1. The average molecular weight is 259 g/mol. The van der Waals surface area contributed by atoms with E-state index >= 15 is 0 Å². The zero-order valence-electron chi connectivity index (χ0n) is 11.1. The number of amides is 1. The maximum Gasteiger partial charge on any atom is 0.302 e. The maximum atomic E-state index is 12.1. The first kappa shape index (κ1) is 12.2. The van der Waals surface area contributed by atoms with Crippen LogP contribution in [-0.4, -0.2) is 35.4 Å². The summed E-state index contributed by atoms with van der Waals surface area (Å²) in [5.41, 5.74) is 2.59. The van der Waals surface area contributed by atoms with E-state index in [1.165, 1.54) is 0 Å². The highest BCUT2D eigenvalue weighted by Crippen LogP contribution is 2.21. The van der Waals surface area contributed by atoms with Crippen molar-refractivity contribution in [3.05, 3.63) is 23.8 Å². The summed E-state index contributed by atoms with van der Waals surface area (Å²) in [4.78, 5) is 18.5. The van der Waals surface area contributed by atoms with Crippen LogP contribution in [0.2, 0.25) is 0 Å². The van der Waals surface area contributed by atoms with Gasteiger partial charge in [-0.15, -0.1) is 0 Å². The fourth-order valence-corrected chi connectivity index (χ4v) is 2.52. The van der Waals surface area contributed by atoms with Gasteiger partial charge in [-0.2, -0.15) is 4.98 Å². The molecule has 1 atom stereocenters. The van der Waals surface area contributed by atoms with Gasteiger partial charge in [0, 0.05) is 0 Å². The Morgan fingerprint density at radius 2 is 2.37 bits per heavy atom. The molecular weight excluding hydrogens is 242 g/mol. The Balaban J connectivity index is 1.79. The number of nitrogens with zero attached hydrogens (tertiary/aromatic N) is 2. The quantitative estimate of drug-likeness (QED) is 0.898. The Bertz CT molecular complexity index is 620. The lowest BCUT2D eigenvalue weighted by molar-refractivity contribution is -0.120. The monoisotopic (exact) mass is 259 g/mol. The molecule has 0 radical (unpaired) electrons. The van der Waals surface area contributed by atoms with Gasteiger partial charge in [-0.25, -0.2) is 0 Å². The van der Waals surface area contributed by atoms with Crippen molar-refractivity contribution >= 4 is 23.0 Å². The number of anilines is 1. The summed E-state index contributed by atoms with van der Waals surface area (Å²) in [6, 6.07) is 5.98. The number of fused-ring (bicyclic) bond motifs is 1. The zero-order valence-corrected chi connectivity index (χ0v) is 11.1. The van der Waals surface area contributed by atoms with Gasteiger partial charge in [-0.3, -0.25) is 15.0 Å². The molecule has 1 N–H and O–H groups in total. The Morgan fingerprint density at radius 1 is 1.53 bits per heavy atom. The van der Waals surface area contributed by atoms with Gasteiger partial charge in [0.25, 0.3) is 0 Å². The van der Waals surface area contributed by atoms with E-state index in [-0.39, 0.29) is 18.0 Å². The number of carbonyl (C=O) groups is 1. The van der Waals surface area contributed by atoms with E-state index in [1.54, 1.807) is 0 Å². The lowest BCUT2D eigenvalue weighted by Crippen LogP contribution is -2.37. The molecule has 0 aliphatic carbocycles. The van der Waals surface area contributed by atoms with E-state index in [2.05, 4.69) is 15.2 Å². The standard InChI is InChI=1S/C14H17N3O2/c1-9-5-6-12-10(8-9)15-14(19-12)16-13(18)11-4-3-7-17(11)2/h5-6,8,11H,3-4,7H2,1-2H3,(H,15,16,18). The minimum Gasteiger partial charge on any atom is -0.423 e. The molecule has 1 unspecified atom stereocenters. The minimum absolute atomic E-state index is 0.0386. The molecule has 1 aromatic heterocycles. The molecule has 19 heavy (non-hydrogen) atoms. The van der Waals surface area contributed by atoms with Crippen LogP contribution in [-0.2, 0) is 4.79 Å². The Hall–Kier alpha value is -1.88. The largest absolute Gasteiger partial charge is 0.423 e. The summed E-state index contributed by atoms with van der Waals surface area (Å²) >= 11 is 0. The van der Waals surface area contributed by atoms with Gasteiger partial charge >= 0.3 is 6.01 Å². The predicted molar refractivity (Wildman–Crippen MR) is 73.0 cm³/mol. The highest BCUT2D eigenvalue weighted by Gasteiger charge is 2.28. The second kappa shape index (κ2) is 4.66. The number of aromatic nitrogens is 1. The summed E-state index contributed by atoms with van der Waals surface area (Å²) in [6.45, 7) is 2.96. The van der Waals surface area contributed by atoms with E-state index in [0.29, 0.717) is 5.58 Å². The summed E-state index contributed by atoms with van der Waals surface area (Å²) < 4.78 is 5.53. The van der Waals surface area contributed by atoms with Crippen molar-refractivity contribution in [3.8, 4) is 0 Å². The molecular formula is C14H17N3O2. The van der Waals surface area contributed by atoms with Crippen LogP contribution in [0.4, 0.5) is 6.01 Å². The minimum atomic E-state index is -0.0725. The number of aryl methyl sites for hydroxylation is 1. The normalized spacial score (nSPS) is 20.0. The molecule has 1 amide bonds. The molecule has 2 aromatic rings. The van der Waals surface area contributed by atoms with Gasteiger partial charge in [-0.05, 0) is 51.1 Å². The second-order valence-electron chi connectivity index (χ2n) is 5.12. The second-order valence-corrected chi connectivity index (χ2v) is 5.12. The number of likely N-dealkylation sites (N-methyl/N-ethyl adjacent to an activating group) is 1. The SMILES string of the molecule is Cc1ccc2oc(NC(=O)C3CCCN3C)nc2c1. The number of hydrogen-bond donors (Lipinski definition) is 1. The van der Waals surface area contributed by atoms with Gasteiger partial charge in [0.1, 0.15) is 5.52 Å². The fraction of sp³-hybridized carbons (Fsp3) is 0.429. The van der Waals surface area contributed by atoms with Gasteiger partial charge in [-0.1, -0.05) is 6.07 Å². The van der Waals surface area contributed by atoms with Crippen molar-refractivity contribution in [1.29, 1.82) is 0 Å². The third-order valence-corrected chi connectivity index (χ3v) is 3.60. The lowest BCUT2D eigenvalue weighted by Gasteiger charge is -2.17. The smallest absolute Gasteiger partial charge is 0.302 e. The first-order chi connectivity index (χ1) is 9.13. The van der Waals surface area contributed by atoms with Gasteiger partial charge in [0.2, 0.25) is 5.91 Å². The summed E-state index contributed by atoms with van der Waals surface area (Å²) in [5, 5.41) is 2.76. The zero-order chi connectivity index (χ0) is 13.4. The maximum absolute atomic E-state index is 12.1. The van der Waals surface area contributed by atoms with Crippen LogP contribution in [0.5, 0.6) is 0 Å². The molecule has 3 rings (SSSR count). The van der Waals surface area contributed by atoms with Crippen molar-refractivity contribution < 1.29 is 9.21 Å². The number of rotatable bonds is 2. The summed E-state index contributed by atoms with van der Waals surface area (Å²) in [7, 11) is 1.96. The molecule has 1 saturated heterocycles. The molecule has 0 saturated carbocycles. The molecule has 2 heterocycles. The fourth-order valence-electron chi connectivity index (χ4n) is 2.52. The van der Waals surface area contributed by atoms with Gasteiger partial charge in [0.15, 0.2) is 5.58 Å². The van der Waals surface area contributed by atoms with Crippen molar-refractivity contribution in [2.45, 2.75) is 25.8 Å². The Morgan fingerprint density at radius 3 is 3.11 bits per heavy atom. The van der Waals surface area contributed by atoms with Crippen LogP contribution in [0.25, 0.3) is 11.1 Å². The van der Waals surface area contributed by atoms with Crippen LogP contribution in [0.3, 0.4) is 0 Å². The molecule has 1 fully saturated rings. The number of oxazole rings is 1. The van der Waals surface area contributed by atoms with E-state index in [1.807, 2.05) is 32.2 Å². The first-order valence-electron chi connectivity index (χ1n) is 6.52. The van der Waals surface area contributed by atoms with Crippen molar-refractivity contribution in [2.24, 2.45) is 0 Å². The molecule has 100 valence electrons.